The van der Waals surface area contributed by atoms with Gasteiger partial charge in [-0.15, -0.1) is 0 Å². The lowest BCUT2D eigenvalue weighted by Crippen LogP contribution is -2.52. The van der Waals surface area contributed by atoms with Gasteiger partial charge in [-0.25, -0.2) is 19.0 Å². The number of hydrogen-bond donors (Lipinski definition) is 2. The summed E-state index contributed by atoms with van der Waals surface area (Å²) in [6, 6.07) is 7.11. The molecule has 11 heteroatoms. The summed E-state index contributed by atoms with van der Waals surface area (Å²) in [4.78, 5) is 54.2. The third-order valence-corrected chi connectivity index (χ3v) is 8.31. The summed E-state index contributed by atoms with van der Waals surface area (Å²) in [5.41, 5.74) is 6.46. The first-order valence-corrected chi connectivity index (χ1v) is 13.8. The minimum Gasteiger partial charge on any atom is -0.449 e. The van der Waals surface area contributed by atoms with Crippen molar-refractivity contribution in [2.75, 3.05) is 19.7 Å². The summed E-state index contributed by atoms with van der Waals surface area (Å²) in [6.45, 7) is 5.48. The van der Waals surface area contributed by atoms with Gasteiger partial charge in [0.1, 0.15) is 6.04 Å². The van der Waals surface area contributed by atoms with Gasteiger partial charge in [-0.05, 0) is 70.9 Å². The molecule has 3 amide bonds. The molecule has 3 aliphatic rings. The number of carbonyl (C=O) groups excluding carboxylic acids is 3. The third kappa shape index (κ3) is 4.91. The minimum absolute atomic E-state index is 0.00281. The summed E-state index contributed by atoms with van der Waals surface area (Å²) in [5, 5.41) is 3.14. The number of ether oxygens (including phenoxy) is 1. The van der Waals surface area contributed by atoms with Crippen molar-refractivity contribution in [2.45, 2.75) is 89.0 Å². The van der Waals surface area contributed by atoms with E-state index in [2.05, 4.69) is 10.2 Å². The lowest BCUT2D eigenvalue weighted by Gasteiger charge is -2.39. The topological polar surface area (TPSA) is 132 Å². The van der Waals surface area contributed by atoms with E-state index in [1.807, 2.05) is 38.1 Å². The Hall–Kier alpha value is -3.34. The molecule has 1 aromatic carbocycles. The molecule has 1 unspecified atom stereocenters. The van der Waals surface area contributed by atoms with E-state index in [0.717, 1.165) is 44.2 Å². The molecule has 4 atom stereocenters. The zero-order valence-corrected chi connectivity index (χ0v) is 22.2. The molecule has 3 saturated heterocycles. The molecule has 38 heavy (non-hydrogen) atoms. The van der Waals surface area contributed by atoms with E-state index in [0.29, 0.717) is 43.6 Å². The monoisotopic (exact) mass is 526 g/mol. The number of imidazole rings is 1. The quantitative estimate of drug-likeness (QED) is 0.533. The van der Waals surface area contributed by atoms with Crippen molar-refractivity contribution in [1.29, 1.82) is 0 Å². The highest BCUT2D eigenvalue weighted by Crippen LogP contribution is 2.36. The molecule has 3 N–H and O–H groups in total. The summed E-state index contributed by atoms with van der Waals surface area (Å²) in [7, 11) is 0. The fourth-order valence-electron chi connectivity index (χ4n) is 6.63. The van der Waals surface area contributed by atoms with Gasteiger partial charge in [-0.2, -0.15) is 0 Å². The Morgan fingerprint density at radius 2 is 1.76 bits per heavy atom. The number of nitrogens with two attached hydrogens (primary N) is 1. The predicted molar refractivity (Wildman–Crippen MR) is 142 cm³/mol. The van der Waals surface area contributed by atoms with Crippen molar-refractivity contribution in [3.8, 4) is 0 Å². The zero-order chi connectivity index (χ0) is 27.0. The molecule has 2 bridgehead atoms. The maximum absolute atomic E-state index is 13.3. The van der Waals surface area contributed by atoms with Crippen LogP contribution in [0.2, 0.25) is 0 Å². The van der Waals surface area contributed by atoms with Crippen LogP contribution in [0.3, 0.4) is 0 Å². The molecule has 0 spiro atoms. The number of nitrogens with zero attached hydrogens (tertiary/aromatic N) is 4. The number of nitrogens with one attached hydrogen (secondary N) is 1. The fraction of sp³-hybridized carbons (Fsp3) is 0.630. The van der Waals surface area contributed by atoms with Crippen molar-refractivity contribution in [1.82, 2.24) is 24.3 Å². The fourth-order valence-corrected chi connectivity index (χ4v) is 6.63. The van der Waals surface area contributed by atoms with E-state index in [9.17, 15) is 19.2 Å². The number of likely N-dealkylation sites (tertiary alicyclic amines) is 1. The maximum atomic E-state index is 13.3. The van der Waals surface area contributed by atoms with Crippen LogP contribution < -0.4 is 16.7 Å². The average Bonchev–Trinajstić information content (AvgIpc) is 3.54. The highest BCUT2D eigenvalue weighted by molar-refractivity contribution is 5.89. The Balaban J connectivity index is 1.14. The van der Waals surface area contributed by atoms with Gasteiger partial charge in [0.25, 0.3) is 0 Å². The SMILES string of the molecule is CC(C)n1c(=O)n(C(=O)NC2C[C@H]3CC[C@@H](C2)N3CCCOC(=O)N2CCC[C@@H]2C(N)=O)c2ccccc21. The van der Waals surface area contributed by atoms with Gasteiger partial charge in [-0.3, -0.25) is 19.2 Å². The molecule has 2 aromatic rings. The largest absolute Gasteiger partial charge is 0.449 e. The lowest BCUT2D eigenvalue weighted by atomic mass is 9.97. The third-order valence-electron chi connectivity index (χ3n) is 8.31. The van der Waals surface area contributed by atoms with Crippen LogP contribution in [0.25, 0.3) is 11.0 Å². The number of benzene rings is 1. The second-order valence-corrected chi connectivity index (χ2v) is 11.0. The Morgan fingerprint density at radius 3 is 2.42 bits per heavy atom. The van der Waals surface area contributed by atoms with Crippen LogP contribution in [0.5, 0.6) is 0 Å². The van der Waals surface area contributed by atoms with Gasteiger partial charge in [0.2, 0.25) is 5.91 Å². The van der Waals surface area contributed by atoms with Crippen molar-refractivity contribution in [3.05, 3.63) is 34.7 Å². The van der Waals surface area contributed by atoms with E-state index in [-0.39, 0.29) is 23.8 Å². The minimum atomic E-state index is -0.564. The van der Waals surface area contributed by atoms with E-state index in [1.165, 1.54) is 9.47 Å². The van der Waals surface area contributed by atoms with Gasteiger partial charge in [0.05, 0.1) is 17.6 Å². The van der Waals surface area contributed by atoms with Crippen LogP contribution in [0.4, 0.5) is 9.59 Å². The first kappa shape index (κ1) is 26.3. The molecule has 0 saturated carbocycles. The molecule has 4 heterocycles. The van der Waals surface area contributed by atoms with Crippen LogP contribution in [-0.2, 0) is 9.53 Å². The highest BCUT2D eigenvalue weighted by Gasteiger charge is 2.41. The second-order valence-electron chi connectivity index (χ2n) is 11.0. The average molecular weight is 527 g/mol. The maximum Gasteiger partial charge on any atom is 0.410 e. The molecule has 3 aliphatic heterocycles. The van der Waals surface area contributed by atoms with Crippen molar-refractivity contribution in [3.63, 3.8) is 0 Å². The highest BCUT2D eigenvalue weighted by atomic mass is 16.6. The number of rotatable bonds is 7. The van der Waals surface area contributed by atoms with E-state index < -0.39 is 18.0 Å². The number of hydrogen-bond acceptors (Lipinski definition) is 6. The smallest absolute Gasteiger partial charge is 0.410 e. The van der Waals surface area contributed by atoms with Gasteiger partial charge in [0, 0.05) is 37.3 Å². The van der Waals surface area contributed by atoms with Crippen LogP contribution in [0, 0.1) is 0 Å². The Kier molecular flexibility index (Phi) is 7.47. The number of amides is 3. The first-order valence-electron chi connectivity index (χ1n) is 13.8. The first-order chi connectivity index (χ1) is 18.3. The Labute approximate surface area is 221 Å². The Bertz CT molecular complexity index is 1250. The number of aromatic nitrogens is 2. The molecule has 1 aromatic heterocycles. The Morgan fingerprint density at radius 1 is 1.08 bits per heavy atom. The van der Waals surface area contributed by atoms with E-state index in [1.54, 1.807) is 4.57 Å². The molecule has 206 valence electrons. The molecule has 0 aliphatic carbocycles. The second kappa shape index (κ2) is 10.8. The summed E-state index contributed by atoms with van der Waals surface area (Å²) >= 11 is 0. The number of piperidine rings is 1. The summed E-state index contributed by atoms with van der Waals surface area (Å²) in [5.74, 6) is -0.485. The van der Waals surface area contributed by atoms with Gasteiger partial charge < -0.3 is 15.8 Å². The molecular formula is C27H38N6O5. The standard InChI is InChI=1S/C27H38N6O5/c1-17(2)32-21-7-3-4-8-22(21)33(26(32)36)25(35)29-18-15-19-10-11-20(16-18)30(19)13-6-14-38-27(37)31-12-5-9-23(31)24(28)34/h3-4,7-8,17-20,23H,5-6,9-16H2,1-2H3,(H2,28,34)(H,29,35)/t18?,19-,20+,23-/m1/s1. The van der Waals surface area contributed by atoms with Gasteiger partial charge in [0.15, 0.2) is 0 Å². The molecular weight excluding hydrogens is 488 g/mol. The lowest BCUT2D eigenvalue weighted by molar-refractivity contribution is -0.121. The molecule has 0 radical (unpaired) electrons. The number of primary amides is 1. The molecule has 11 nitrogen and oxygen atoms in total. The van der Waals surface area contributed by atoms with Gasteiger partial charge in [-0.1, -0.05) is 12.1 Å². The molecule has 3 fully saturated rings. The van der Waals surface area contributed by atoms with E-state index in [4.69, 9.17) is 10.5 Å². The summed E-state index contributed by atoms with van der Waals surface area (Å²) < 4.78 is 8.36. The zero-order valence-electron chi connectivity index (χ0n) is 22.2. The van der Waals surface area contributed by atoms with Crippen molar-refractivity contribution in [2.24, 2.45) is 5.73 Å². The molecule has 5 rings (SSSR count). The number of carbonyl (C=O) groups is 3. The predicted octanol–water partition coefficient (Wildman–Crippen LogP) is 2.41. The van der Waals surface area contributed by atoms with E-state index >= 15 is 0 Å². The van der Waals surface area contributed by atoms with Crippen LogP contribution in [-0.4, -0.2) is 80.8 Å². The van der Waals surface area contributed by atoms with Gasteiger partial charge >= 0.3 is 17.8 Å². The van der Waals surface area contributed by atoms with Crippen molar-refractivity contribution >= 4 is 29.1 Å². The van der Waals surface area contributed by atoms with Crippen LogP contribution in [0.1, 0.15) is 64.8 Å². The summed E-state index contributed by atoms with van der Waals surface area (Å²) in [6.07, 6.45) is 5.37. The van der Waals surface area contributed by atoms with Crippen LogP contribution >= 0.6 is 0 Å². The van der Waals surface area contributed by atoms with Crippen molar-refractivity contribution < 1.29 is 19.1 Å². The normalized spacial score (nSPS) is 25.3. The van der Waals surface area contributed by atoms with Crippen LogP contribution in [0.15, 0.2) is 29.1 Å². The number of fused-ring (bicyclic) bond motifs is 3. The number of para-hydroxylation sites is 2.